The van der Waals surface area contributed by atoms with E-state index in [1.165, 1.54) is 11.9 Å². The van der Waals surface area contributed by atoms with Crippen molar-refractivity contribution in [1.29, 1.82) is 0 Å². The predicted octanol–water partition coefficient (Wildman–Crippen LogP) is 0.749. The number of nitrogens with zero attached hydrogens (tertiary/aromatic N) is 2. The van der Waals surface area contributed by atoms with Gasteiger partial charge in [-0.3, -0.25) is 14.4 Å². The van der Waals surface area contributed by atoms with Gasteiger partial charge in [0.25, 0.3) is 5.91 Å². The molecular weight excluding hydrogens is 545 g/mol. The van der Waals surface area contributed by atoms with Crippen molar-refractivity contribution in [1.82, 2.24) is 10.2 Å². The fourth-order valence-electron chi connectivity index (χ4n) is 3.95. The minimum atomic E-state index is -4.61. The number of anilines is 1. The molecule has 2 rings (SSSR count). The number of hydrogen-bond donors (Lipinski definition) is 5. The highest BCUT2D eigenvalue weighted by Crippen LogP contribution is 2.31. The van der Waals surface area contributed by atoms with Crippen LogP contribution in [0, 0.1) is 0 Å². The average molecular weight is 583 g/mol. The van der Waals surface area contributed by atoms with Gasteiger partial charge in [0.2, 0.25) is 11.8 Å². The van der Waals surface area contributed by atoms with Gasteiger partial charge in [-0.1, -0.05) is 12.1 Å². The third kappa shape index (κ3) is 9.42. The smallest absolute Gasteiger partial charge is 0.416 e. The molecule has 0 aliphatic heterocycles. The van der Waals surface area contributed by atoms with Crippen molar-refractivity contribution in [2.45, 2.75) is 37.7 Å². The topological polar surface area (TPSA) is 177 Å². The first kappa shape index (κ1) is 33.5. The van der Waals surface area contributed by atoms with E-state index in [9.17, 15) is 32.7 Å². The van der Waals surface area contributed by atoms with Gasteiger partial charge in [0, 0.05) is 38.9 Å². The number of ether oxygens (including phenoxy) is 1. The molecule has 0 saturated heterocycles. The summed E-state index contributed by atoms with van der Waals surface area (Å²) in [7, 11) is 1.40. The van der Waals surface area contributed by atoms with Crippen molar-refractivity contribution in [3.63, 3.8) is 0 Å². The molecule has 0 spiro atoms. The molecule has 0 fully saturated rings. The molecule has 0 aliphatic carbocycles. The number of amides is 3. The summed E-state index contributed by atoms with van der Waals surface area (Å²) < 4.78 is 44.5. The average Bonchev–Trinajstić information content (AvgIpc) is 2.94. The number of aliphatic hydroxyl groups is 1. The van der Waals surface area contributed by atoms with E-state index in [1.807, 2.05) is 6.92 Å². The van der Waals surface area contributed by atoms with Crippen molar-refractivity contribution in [3.8, 4) is 5.75 Å². The summed E-state index contributed by atoms with van der Waals surface area (Å²) in [6, 6.07) is 6.87. The van der Waals surface area contributed by atoms with Crippen LogP contribution in [0.25, 0.3) is 0 Å². The van der Waals surface area contributed by atoms with Crippen LogP contribution in [-0.4, -0.2) is 79.6 Å². The van der Waals surface area contributed by atoms with Gasteiger partial charge in [-0.25, -0.2) is 0 Å². The molecule has 0 radical (unpaired) electrons. The molecule has 8 N–H and O–H groups in total. The maximum atomic E-state index is 13.6. The Morgan fingerprint density at radius 3 is 2.05 bits per heavy atom. The maximum Gasteiger partial charge on any atom is 0.416 e. The summed E-state index contributed by atoms with van der Waals surface area (Å²) in [5.74, 6) is -1.65. The fourth-order valence-corrected chi connectivity index (χ4v) is 3.95. The standard InChI is InChI=1S/C27H37F3N6O5/c1-3-41-20-10-8-19(9-11-20)35(2)26(40)23(24(38)17-4-6-18(7-5-17)27(28,29)30)34-25(39)21(33)16-22(37)36(14-12-31)15-13-32/h4-11,21,23-24,38H,3,12-16,31-33H2,1-2H3,(H,34,39)/t21-,23-,24+/m0/s1. The van der Waals surface area contributed by atoms with E-state index < -0.39 is 54.1 Å². The first-order valence-corrected chi connectivity index (χ1v) is 12.9. The number of aliphatic hydroxyl groups excluding tert-OH is 1. The van der Waals surface area contributed by atoms with Crippen molar-refractivity contribution < 1.29 is 37.4 Å². The quantitative estimate of drug-likeness (QED) is 0.217. The van der Waals surface area contributed by atoms with Gasteiger partial charge >= 0.3 is 6.18 Å². The van der Waals surface area contributed by atoms with Crippen LogP contribution in [0.1, 0.15) is 30.6 Å². The van der Waals surface area contributed by atoms with Crippen LogP contribution in [0.15, 0.2) is 48.5 Å². The summed E-state index contributed by atoms with van der Waals surface area (Å²) in [6.45, 7) is 2.98. The van der Waals surface area contributed by atoms with E-state index in [0.717, 1.165) is 29.2 Å². The van der Waals surface area contributed by atoms with Crippen LogP contribution in [0.4, 0.5) is 18.9 Å². The van der Waals surface area contributed by atoms with E-state index >= 15 is 0 Å². The van der Waals surface area contributed by atoms with Crippen LogP contribution in [0.3, 0.4) is 0 Å². The van der Waals surface area contributed by atoms with E-state index in [-0.39, 0.29) is 31.7 Å². The Hall–Kier alpha value is -3.72. The molecule has 0 aromatic heterocycles. The summed E-state index contributed by atoms with van der Waals surface area (Å²) >= 11 is 0. The molecule has 0 aliphatic rings. The number of alkyl halides is 3. The van der Waals surface area contributed by atoms with E-state index in [0.29, 0.717) is 18.0 Å². The number of benzene rings is 2. The highest BCUT2D eigenvalue weighted by molar-refractivity contribution is 6.00. The van der Waals surface area contributed by atoms with Crippen LogP contribution in [0.5, 0.6) is 5.75 Å². The number of hydrogen-bond acceptors (Lipinski definition) is 8. The van der Waals surface area contributed by atoms with Gasteiger partial charge in [-0.15, -0.1) is 0 Å². The zero-order valence-electron chi connectivity index (χ0n) is 22.9. The molecule has 3 amide bonds. The Bertz CT molecular complexity index is 1140. The number of carbonyl (C=O) groups is 3. The Morgan fingerprint density at radius 2 is 1.56 bits per heavy atom. The van der Waals surface area contributed by atoms with Crippen molar-refractivity contribution in [2.75, 3.05) is 44.7 Å². The molecule has 0 heterocycles. The zero-order valence-corrected chi connectivity index (χ0v) is 22.9. The lowest BCUT2D eigenvalue weighted by Gasteiger charge is -2.29. The van der Waals surface area contributed by atoms with Gasteiger partial charge in [0.1, 0.15) is 17.9 Å². The number of halogens is 3. The molecule has 11 nitrogen and oxygen atoms in total. The Labute approximate surface area is 236 Å². The van der Waals surface area contributed by atoms with E-state index in [4.69, 9.17) is 21.9 Å². The van der Waals surface area contributed by atoms with Gasteiger partial charge < -0.3 is 42.2 Å². The third-order valence-electron chi connectivity index (χ3n) is 6.21. The molecule has 3 atom stereocenters. The second-order valence-electron chi connectivity index (χ2n) is 9.14. The predicted molar refractivity (Wildman–Crippen MR) is 147 cm³/mol. The number of nitrogens with two attached hydrogens (primary N) is 3. The lowest BCUT2D eigenvalue weighted by molar-refractivity contribution is -0.137. The highest BCUT2D eigenvalue weighted by Gasteiger charge is 2.35. The molecule has 226 valence electrons. The number of rotatable bonds is 14. The van der Waals surface area contributed by atoms with E-state index in [2.05, 4.69) is 5.32 Å². The van der Waals surface area contributed by atoms with Crippen LogP contribution < -0.4 is 32.2 Å². The zero-order chi connectivity index (χ0) is 30.7. The Kier molecular flexibility index (Phi) is 12.5. The summed E-state index contributed by atoms with van der Waals surface area (Å²) in [5, 5.41) is 13.5. The second-order valence-corrected chi connectivity index (χ2v) is 9.14. The molecule has 14 heteroatoms. The fraction of sp³-hybridized carbons (Fsp3) is 0.444. The molecule has 0 saturated carbocycles. The molecule has 0 unspecified atom stereocenters. The lowest BCUT2D eigenvalue weighted by Crippen LogP contribution is -2.55. The maximum absolute atomic E-state index is 13.6. The first-order valence-electron chi connectivity index (χ1n) is 12.9. The normalized spacial score (nSPS) is 13.6. The molecule has 2 aromatic rings. The largest absolute Gasteiger partial charge is 0.494 e. The van der Waals surface area contributed by atoms with Crippen molar-refractivity contribution in [2.24, 2.45) is 17.2 Å². The summed E-state index contributed by atoms with van der Waals surface area (Å²) in [6.07, 6.45) is -6.80. The van der Waals surface area contributed by atoms with Gasteiger partial charge in [-0.2, -0.15) is 13.2 Å². The highest BCUT2D eigenvalue weighted by atomic mass is 19.4. The Balaban J connectivity index is 2.32. The first-order chi connectivity index (χ1) is 19.3. The van der Waals surface area contributed by atoms with Crippen molar-refractivity contribution in [3.05, 3.63) is 59.7 Å². The van der Waals surface area contributed by atoms with Gasteiger partial charge in [0.15, 0.2) is 0 Å². The number of nitrogens with one attached hydrogen (secondary N) is 1. The number of carbonyl (C=O) groups excluding carboxylic acids is 3. The Morgan fingerprint density at radius 1 is 1.00 bits per heavy atom. The summed E-state index contributed by atoms with van der Waals surface area (Å²) in [4.78, 5) is 41.7. The van der Waals surface area contributed by atoms with Gasteiger partial charge in [0.05, 0.1) is 24.6 Å². The monoisotopic (exact) mass is 582 g/mol. The molecular formula is C27H37F3N6O5. The van der Waals surface area contributed by atoms with Crippen LogP contribution >= 0.6 is 0 Å². The van der Waals surface area contributed by atoms with Crippen LogP contribution in [-0.2, 0) is 20.6 Å². The van der Waals surface area contributed by atoms with E-state index in [1.54, 1.807) is 24.3 Å². The van der Waals surface area contributed by atoms with Gasteiger partial charge in [-0.05, 0) is 48.9 Å². The third-order valence-corrected chi connectivity index (χ3v) is 6.21. The van der Waals surface area contributed by atoms with Crippen molar-refractivity contribution >= 4 is 23.4 Å². The summed E-state index contributed by atoms with van der Waals surface area (Å²) in [5.41, 5.74) is 16.4. The minimum absolute atomic E-state index is 0.0570. The SMILES string of the molecule is CCOc1ccc(N(C)C(=O)[C@@H](NC(=O)[C@@H](N)CC(=O)N(CCN)CCN)[C@H](O)c2ccc(C(F)(F)F)cc2)cc1. The molecule has 2 aromatic carbocycles. The second kappa shape index (κ2) is 15.3. The van der Waals surface area contributed by atoms with Crippen LogP contribution in [0.2, 0.25) is 0 Å². The lowest BCUT2D eigenvalue weighted by atomic mass is 9.98. The molecule has 41 heavy (non-hydrogen) atoms. The minimum Gasteiger partial charge on any atom is -0.494 e. The number of likely N-dealkylation sites (N-methyl/N-ethyl adjacent to an activating group) is 1. The molecule has 0 bridgehead atoms.